The minimum Gasteiger partial charge on any atom is -0.469 e. The molecule has 2 rings (SSSR count). The zero-order valence-corrected chi connectivity index (χ0v) is 8.88. The van der Waals surface area contributed by atoms with Crippen molar-refractivity contribution in [2.45, 2.75) is 44.6 Å². The number of nitrogens with one attached hydrogen (secondary N) is 1. The van der Waals surface area contributed by atoms with E-state index in [1.165, 1.54) is 25.7 Å². The summed E-state index contributed by atoms with van der Waals surface area (Å²) in [5, 5.41) is 3.66. The van der Waals surface area contributed by atoms with Gasteiger partial charge in [-0.3, -0.25) is 0 Å². The molecular formula is C12H19NO. The Kier molecular flexibility index (Phi) is 2.92. The Morgan fingerprint density at radius 1 is 1.50 bits per heavy atom. The van der Waals surface area contributed by atoms with Crippen LogP contribution in [0, 0.1) is 0 Å². The van der Waals surface area contributed by atoms with Gasteiger partial charge in [-0.15, -0.1) is 0 Å². The molecule has 78 valence electrons. The minimum atomic E-state index is 0.302. The van der Waals surface area contributed by atoms with Crippen LogP contribution >= 0.6 is 0 Å². The molecule has 0 amide bonds. The SMILES string of the molecule is CCC1(Cc2ccco2)CCCCN1. The number of hydrogen-bond acceptors (Lipinski definition) is 2. The molecule has 2 heteroatoms. The average molecular weight is 193 g/mol. The van der Waals surface area contributed by atoms with Crippen LogP contribution in [0.1, 0.15) is 38.4 Å². The predicted molar refractivity (Wildman–Crippen MR) is 57.3 cm³/mol. The normalized spacial score (nSPS) is 27.8. The van der Waals surface area contributed by atoms with E-state index >= 15 is 0 Å². The molecular weight excluding hydrogens is 174 g/mol. The van der Waals surface area contributed by atoms with E-state index in [1.807, 2.05) is 6.07 Å². The largest absolute Gasteiger partial charge is 0.469 e. The third kappa shape index (κ3) is 2.01. The molecule has 1 aromatic heterocycles. The van der Waals surface area contributed by atoms with Crippen LogP contribution in [0.25, 0.3) is 0 Å². The van der Waals surface area contributed by atoms with Gasteiger partial charge >= 0.3 is 0 Å². The summed E-state index contributed by atoms with van der Waals surface area (Å²) in [6, 6.07) is 4.05. The van der Waals surface area contributed by atoms with Crippen molar-refractivity contribution in [2.75, 3.05) is 6.54 Å². The first kappa shape index (κ1) is 9.78. The molecule has 14 heavy (non-hydrogen) atoms. The van der Waals surface area contributed by atoms with Crippen molar-refractivity contribution in [3.63, 3.8) is 0 Å². The average Bonchev–Trinajstić information content (AvgIpc) is 2.72. The van der Waals surface area contributed by atoms with Crippen molar-refractivity contribution >= 4 is 0 Å². The standard InChI is InChI=1S/C12H19NO/c1-2-12(7-3-4-8-13-12)10-11-6-5-9-14-11/h5-6,9,13H,2-4,7-8,10H2,1H3. The lowest BCUT2D eigenvalue weighted by Crippen LogP contribution is -2.49. The Morgan fingerprint density at radius 3 is 3.00 bits per heavy atom. The van der Waals surface area contributed by atoms with Crippen LogP contribution in [0.5, 0.6) is 0 Å². The van der Waals surface area contributed by atoms with Gasteiger partial charge in [0.25, 0.3) is 0 Å². The summed E-state index contributed by atoms with van der Waals surface area (Å²) in [6.07, 6.45) is 7.94. The van der Waals surface area contributed by atoms with Gasteiger partial charge in [-0.25, -0.2) is 0 Å². The number of furan rings is 1. The van der Waals surface area contributed by atoms with Crippen LogP contribution in [0.4, 0.5) is 0 Å². The number of piperidine rings is 1. The monoisotopic (exact) mass is 193 g/mol. The van der Waals surface area contributed by atoms with Crippen LogP contribution in [0.15, 0.2) is 22.8 Å². The van der Waals surface area contributed by atoms with Crippen molar-refractivity contribution in [2.24, 2.45) is 0 Å². The molecule has 2 heterocycles. The first-order chi connectivity index (χ1) is 6.85. The van der Waals surface area contributed by atoms with Gasteiger partial charge in [0.15, 0.2) is 0 Å². The maximum atomic E-state index is 5.42. The smallest absolute Gasteiger partial charge is 0.105 e. The predicted octanol–water partition coefficient (Wildman–Crippen LogP) is 2.74. The molecule has 0 saturated carbocycles. The Bertz CT molecular complexity index is 260. The summed E-state index contributed by atoms with van der Waals surface area (Å²) in [6.45, 7) is 3.43. The maximum Gasteiger partial charge on any atom is 0.105 e. The van der Waals surface area contributed by atoms with Crippen LogP contribution in [-0.2, 0) is 6.42 Å². The number of rotatable bonds is 3. The van der Waals surface area contributed by atoms with E-state index in [0.29, 0.717) is 5.54 Å². The molecule has 1 atom stereocenters. The van der Waals surface area contributed by atoms with E-state index < -0.39 is 0 Å². The van der Waals surface area contributed by atoms with Crippen LogP contribution in [0.3, 0.4) is 0 Å². The van der Waals surface area contributed by atoms with Gasteiger partial charge in [0, 0.05) is 12.0 Å². The fourth-order valence-corrected chi connectivity index (χ4v) is 2.35. The summed E-state index contributed by atoms with van der Waals surface area (Å²) in [5.74, 6) is 1.11. The lowest BCUT2D eigenvalue weighted by atomic mass is 9.83. The van der Waals surface area contributed by atoms with Gasteiger partial charge in [-0.05, 0) is 37.9 Å². The molecule has 1 aliphatic rings. The van der Waals surface area contributed by atoms with E-state index in [0.717, 1.165) is 18.7 Å². The fraction of sp³-hybridized carbons (Fsp3) is 0.667. The quantitative estimate of drug-likeness (QED) is 0.798. The zero-order chi connectivity index (χ0) is 9.86. The van der Waals surface area contributed by atoms with Gasteiger partial charge in [0.05, 0.1) is 6.26 Å². The molecule has 1 unspecified atom stereocenters. The second kappa shape index (κ2) is 4.18. The third-order valence-corrected chi connectivity index (χ3v) is 3.35. The van der Waals surface area contributed by atoms with Crippen molar-refractivity contribution in [1.82, 2.24) is 5.32 Å². The van der Waals surface area contributed by atoms with Crippen molar-refractivity contribution < 1.29 is 4.42 Å². The van der Waals surface area contributed by atoms with E-state index in [2.05, 4.69) is 18.3 Å². The van der Waals surface area contributed by atoms with Gasteiger partial charge in [0.2, 0.25) is 0 Å². The Hall–Kier alpha value is -0.760. The topological polar surface area (TPSA) is 25.2 Å². The highest BCUT2D eigenvalue weighted by Gasteiger charge is 2.30. The second-order valence-electron chi connectivity index (χ2n) is 4.27. The molecule has 1 saturated heterocycles. The zero-order valence-electron chi connectivity index (χ0n) is 8.88. The number of hydrogen-bond donors (Lipinski definition) is 1. The van der Waals surface area contributed by atoms with Crippen molar-refractivity contribution in [1.29, 1.82) is 0 Å². The Labute approximate surface area is 85.7 Å². The summed E-state index contributed by atoms with van der Waals surface area (Å²) in [5.41, 5.74) is 0.302. The summed E-state index contributed by atoms with van der Waals surface area (Å²) in [4.78, 5) is 0. The molecule has 0 aromatic carbocycles. The molecule has 2 nitrogen and oxygen atoms in total. The molecule has 1 aromatic rings. The summed E-state index contributed by atoms with van der Waals surface area (Å²) >= 11 is 0. The van der Waals surface area contributed by atoms with Crippen LogP contribution in [-0.4, -0.2) is 12.1 Å². The molecule has 1 N–H and O–H groups in total. The van der Waals surface area contributed by atoms with Gasteiger partial charge in [-0.2, -0.15) is 0 Å². The molecule has 1 fully saturated rings. The second-order valence-corrected chi connectivity index (χ2v) is 4.27. The first-order valence-electron chi connectivity index (χ1n) is 5.62. The highest BCUT2D eigenvalue weighted by molar-refractivity contribution is 5.06. The van der Waals surface area contributed by atoms with E-state index in [4.69, 9.17) is 4.42 Å². The van der Waals surface area contributed by atoms with Crippen LogP contribution in [0.2, 0.25) is 0 Å². The molecule has 0 spiro atoms. The summed E-state index contributed by atoms with van der Waals surface area (Å²) < 4.78 is 5.42. The van der Waals surface area contributed by atoms with E-state index in [9.17, 15) is 0 Å². The van der Waals surface area contributed by atoms with E-state index in [-0.39, 0.29) is 0 Å². The Balaban J connectivity index is 2.04. The Morgan fingerprint density at radius 2 is 2.43 bits per heavy atom. The van der Waals surface area contributed by atoms with Crippen molar-refractivity contribution in [3.05, 3.63) is 24.2 Å². The van der Waals surface area contributed by atoms with E-state index in [1.54, 1.807) is 6.26 Å². The maximum absolute atomic E-state index is 5.42. The highest BCUT2D eigenvalue weighted by atomic mass is 16.3. The third-order valence-electron chi connectivity index (χ3n) is 3.35. The molecule has 1 aliphatic heterocycles. The van der Waals surface area contributed by atoms with Crippen LogP contribution < -0.4 is 5.32 Å². The minimum absolute atomic E-state index is 0.302. The van der Waals surface area contributed by atoms with Gasteiger partial charge < -0.3 is 9.73 Å². The fourth-order valence-electron chi connectivity index (χ4n) is 2.35. The summed E-state index contributed by atoms with van der Waals surface area (Å²) in [7, 11) is 0. The first-order valence-corrected chi connectivity index (χ1v) is 5.62. The lowest BCUT2D eigenvalue weighted by Gasteiger charge is -2.37. The van der Waals surface area contributed by atoms with Crippen molar-refractivity contribution in [3.8, 4) is 0 Å². The molecule has 0 bridgehead atoms. The highest BCUT2D eigenvalue weighted by Crippen LogP contribution is 2.26. The van der Waals surface area contributed by atoms with Gasteiger partial charge in [-0.1, -0.05) is 13.3 Å². The van der Waals surface area contributed by atoms with Gasteiger partial charge in [0.1, 0.15) is 5.76 Å². The lowest BCUT2D eigenvalue weighted by molar-refractivity contribution is 0.230. The molecule has 0 aliphatic carbocycles. The molecule has 0 radical (unpaired) electrons.